The number of nitrogens with one attached hydrogen (secondary N) is 1. The lowest BCUT2D eigenvalue weighted by atomic mass is 9.90. The molecule has 142 valence electrons. The number of anilines is 1. The number of nitrogens with zero attached hydrogens (tertiary/aromatic N) is 1. The SMILES string of the molecule is CC(C)(C)C(=O)N1CCC(C(=O)Nc2cc3c(cc2Br)OCCO3)CC1. The van der Waals surface area contributed by atoms with Gasteiger partial charge in [-0.3, -0.25) is 9.59 Å². The van der Waals surface area contributed by atoms with E-state index in [2.05, 4.69) is 21.2 Å². The Kier molecular flexibility index (Phi) is 5.46. The largest absolute Gasteiger partial charge is 0.486 e. The molecular weight excluding hydrogens is 400 g/mol. The third-order valence-electron chi connectivity index (χ3n) is 4.68. The predicted molar refractivity (Wildman–Crippen MR) is 103 cm³/mol. The van der Waals surface area contributed by atoms with Gasteiger partial charge >= 0.3 is 0 Å². The summed E-state index contributed by atoms with van der Waals surface area (Å²) >= 11 is 3.48. The highest BCUT2D eigenvalue weighted by Crippen LogP contribution is 2.38. The maximum absolute atomic E-state index is 12.7. The van der Waals surface area contributed by atoms with Gasteiger partial charge in [0.2, 0.25) is 11.8 Å². The Labute approximate surface area is 162 Å². The van der Waals surface area contributed by atoms with E-state index in [0.717, 1.165) is 4.47 Å². The smallest absolute Gasteiger partial charge is 0.227 e. The second kappa shape index (κ2) is 7.47. The van der Waals surface area contributed by atoms with Gasteiger partial charge in [0, 0.05) is 41.0 Å². The summed E-state index contributed by atoms with van der Waals surface area (Å²) in [6.45, 7) is 8.04. The molecular formula is C19H25BrN2O4. The average molecular weight is 425 g/mol. The van der Waals surface area contributed by atoms with Gasteiger partial charge in [-0.1, -0.05) is 20.8 Å². The first kappa shape index (κ1) is 19.0. The second-order valence-electron chi connectivity index (χ2n) is 7.78. The minimum absolute atomic E-state index is 0.0229. The number of hydrogen-bond acceptors (Lipinski definition) is 4. The highest BCUT2D eigenvalue weighted by atomic mass is 79.9. The Morgan fingerprint density at radius 3 is 2.27 bits per heavy atom. The number of benzene rings is 1. The van der Waals surface area contributed by atoms with Crippen LogP contribution < -0.4 is 14.8 Å². The Morgan fingerprint density at radius 1 is 1.12 bits per heavy atom. The molecule has 1 fully saturated rings. The van der Waals surface area contributed by atoms with Gasteiger partial charge in [0.05, 0.1) is 5.69 Å². The highest BCUT2D eigenvalue weighted by Gasteiger charge is 2.32. The van der Waals surface area contributed by atoms with Gasteiger partial charge in [-0.05, 0) is 28.8 Å². The van der Waals surface area contributed by atoms with Crippen LogP contribution in [-0.4, -0.2) is 43.0 Å². The van der Waals surface area contributed by atoms with Gasteiger partial charge in [-0.25, -0.2) is 0 Å². The number of piperidine rings is 1. The summed E-state index contributed by atoms with van der Waals surface area (Å²) in [5, 5.41) is 2.98. The van der Waals surface area contributed by atoms with E-state index in [4.69, 9.17) is 9.47 Å². The molecule has 0 unspecified atom stereocenters. The van der Waals surface area contributed by atoms with Crippen molar-refractivity contribution in [3.05, 3.63) is 16.6 Å². The molecule has 0 aliphatic carbocycles. The van der Waals surface area contributed by atoms with Crippen LogP contribution in [0.15, 0.2) is 16.6 Å². The number of hydrogen-bond donors (Lipinski definition) is 1. The molecule has 3 rings (SSSR count). The molecule has 1 aromatic carbocycles. The molecule has 1 saturated heterocycles. The molecule has 2 heterocycles. The Bertz CT molecular complexity index is 706. The van der Waals surface area contributed by atoms with Crippen molar-refractivity contribution in [3.63, 3.8) is 0 Å². The fraction of sp³-hybridized carbons (Fsp3) is 0.579. The molecule has 2 aliphatic heterocycles. The van der Waals surface area contributed by atoms with Crippen LogP contribution in [0.25, 0.3) is 0 Å². The standard InChI is InChI=1S/C19H25BrN2O4/c1-19(2,3)18(24)22-6-4-12(5-7-22)17(23)21-14-11-16-15(10-13(14)20)25-8-9-26-16/h10-12H,4-9H2,1-3H3,(H,21,23). The molecule has 2 amide bonds. The molecule has 0 atom stereocenters. The zero-order valence-corrected chi connectivity index (χ0v) is 17.0. The molecule has 7 heteroatoms. The lowest BCUT2D eigenvalue weighted by Crippen LogP contribution is -2.45. The topological polar surface area (TPSA) is 67.9 Å². The number of carbonyl (C=O) groups is 2. The fourth-order valence-corrected chi connectivity index (χ4v) is 3.64. The summed E-state index contributed by atoms with van der Waals surface area (Å²) in [5.41, 5.74) is 0.290. The summed E-state index contributed by atoms with van der Waals surface area (Å²) < 4.78 is 11.9. The van der Waals surface area contributed by atoms with Gasteiger partial charge < -0.3 is 19.7 Å². The van der Waals surface area contributed by atoms with E-state index in [9.17, 15) is 9.59 Å². The third kappa shape index (κ3) is 4.14. The molecule has 6 nitrogen and oxygen atoms in total. The summed E-state index contributed by atoms with van der Waals surface area (Å²) in [7, 11) is 0. The number of ether oxygens (including phenoxy) is 2. The zero-order valence-electron chi connectivity index (χ0n) is 15.4. The van der Waals surface area contributed by atoms with Crippen LogP contribution >= 0.6 is 15.9 Å². The van der Waals surface area contributed by atoms with Crippen LogP contribution in [-0.2, 0) is 9.59 Å². The Balaban J connectivity index is 1.61. The van der Waals surface area contributed by atoms with Crippen LogP contribution in [0.5, 0.6) is 11.5 Å². The summed E-state index contributed by atoms with van der Waals surface area (Å²) in [6, 6.07) is 3.60. The van der Waals surface area contributed by atoms with Crippen LogP contribution in [0.1, 0.15) is 33.6 Å². The Hall–Kier alpha value is -1.76. The highest BCUT2D eigenvalue weighted by molar-refractivity contribution is 9.10. The van der Waals surface area contributed by atoms with E-state index in [1.54, 1.807) is 6.07 Å². The minimum Gasteiger partial charge on any atom is -0.486 e. The number of carbonyl (C=O) groups excluding carboxylic acids is 2. The van der Waals surface area contributed by atoms with Crippen molar-refractivity contribution in [2.75, 3.05) is 31.6 Å². The number of amides is 2. The first-order valence-electron chi connectivity index (χ1n) is 8.95. The molecule has 0 saturated carbocycles. The van der Waals surface area contributed by atoms with Crippen LogP contribution in [0.4, 0.5) is 5.69 Å². The van der Waals surface area contributed by atoms with Crippen LogP contribution in [0.2, 0.25) is 0 Å². The van der Waals surface area contributed by atoms with E-state index in [0.29, 0.717) is 56.3 Å². The number of halogens is 1. The fourth-order valence-electron chi connectivity index (χ4n) is 3.21. The molecule has 1 N–H and O–H groups in total. The molecule has 0 aromatic heterocycles. The van der Waals surface area contributed by atoms with Crippen LogP contribution in [0, 0.1) is 11.3 Å². The van der Waals surface area contributed by atoms with Crippen molar-refractivity contribution < 1.29 is 19.1 Å². The molecule has 1 aromatic rings. The molecule has 0 spiro atoms. The zero-order chi connectivity index (χ0) is 18.9. The second-order valence-corrected chi connectivity index (χ2v) is 8.64. The third-order valence-corrected chi connectivity index (χ3v) is 5.34. The molecule has 0 bridgehead atoms. The van der Waals surface area contributed by atoms with E-state index < -0.39 is 0 Å². The maximum Gasteiger partial charge on any atom is 0.227 e. The lowest BCUT2D eigenvalue weighted by molar-refractivity contribution is -0.142. The summed E-state index contributed by atoms with van der Waals surface area (Å²) in [4.78, 5) is 26.9. The Morgan fingerprint density at radius 2 is 1.69 bits per heavy atom. The number of rotatable bonds is 2. The number of fused-ring (bicyclic) bond motifs is 1. The van der Waals surface area contributed by atoms with Crippen molar-refractivity contribution >= 4 is 33.4 Å². The average Bonchev–Trinajstić information content (AvgIpc) is 2.61. The molecule has 2 aliphatic rings. The molecule has 26 heavy (non-hydrogen) atoms. The summed E-state index contributed by atoms with van der Waals surface area (Å²) in [6.07, 6.45) is 1.35. The minimum atomic E-state index is -0.384. The first-order chi connectivity index (χ1) is 12.3. The van der Waals surface area contributed by atoms with Gasteiger partial charge in [-0.2, -0.15) is 0 Å². The first-order valence-corrected chi connectivity index (χ1v) is 9.74. The van der Waals surface area contributed by atoms with E-state index in [1.165, 1.54) is 0 Å². The van der Waals surface area contributed by atoms with E-state index >= 15 is 0 Å². The van der Waals surface area contributed by atoms with Crippen molar-refractivity contribution in [3.8, 4) is 11.5 Å². The quantitative estimate of drug-likeness (QED) is 0.789. The summed E-state index contributed by atoms with van der Waals surface area (Å²) in [5.74, 6) is 1.34. The van der Waals surface area contributed by atoms with Gasteiger partial charge in [0.15, 0.2) is 11.5 Å². The maximum atomic E-state index is 12.7. The van der Waals surface area contributed by atoms with Crippen molar-refractivity contribution in [1.82, 2.24) is 4.90 Å². The molecule has 0 radical (unpaired) electrons. The van der Waals surface area contributed by atoms with E-state index in [1.807, 2.05) is 31.7 Å². The van der Waals surface area contributed by atoms with Crippen molar-refractivity contribution in [2.24, 2.45) is 11.3 Å². The number of likely N-dealkylation sites (tertiary alicyclic amines) is 1. The van der Waals surface area contributed by atoms with E-state index in [-0.39, 0.29) is 23.1 Å². The van der Waals surface area contributed by atoms with Gasteiger partial charge in [-0.15, -0.1) is 0 Å². The van der Waals surface area contributed by atoms with Crippen LogP contribution in [0.3, 0.4) is 0 Å². The van der Waals surface area contributed by atoms with Gasteiger partial charge in [0.25, 0.3) is 0 Å². The van der Waals surface area contributed by atoms with Crippen molar-refractivity contribution in [2.45, 2.75) is 33.6 Å². The van der Waals surface area contributed by atoms with Crippen molar-refractivity contribution in [1.29, 1.82) is 0 Å². The monoisotopic (exact) mass is 424 g/mol. The lowest BCUT2D eigenvalue weighted by Gasteiger charge is -2.35. The van der Waals surface area contributed by atoms with Gasteiger partial charge in [0.1, 0.15) is 13.2 Å². The normalized spacial score (nSPS) is 17.8. The predicted octanol–water partition coefficient (Wildman–Crippen LogP) is 3.44.